The molecular weight excluding hydrogens is 290 g/mol. The van der Waals surface area contributed by atoms with Gasteiger partial charge in [0.25, 0.3) is 5.91 Å². The van der Waals surface area contributed by atoms with Gasteiger partial charge in [-0.25, -0.2) is 4.79 Å². The number of likely N-dealkylation sites (N-methyl/N-ethyl adjacent to an activating group) is 1. The van der Waals surface area contributed by atoms with E-state index in [-0.39, 0.29) is 17.2 Å². The van der Waals surface area contributed by atoms with Crippen molar-refractivity contribution < 1.29 is 19.1 Å². The second kappa shape index (κ2) is 6.58. The Hall–Kier alpha value is -2.08. The lowest BCUT2D eigenvalue weighted by Crippen LogP contribution is -2.28. The number of carboxylic acids is 1. The monoisotopic (exact) mass is 307 g/mol. The van der Waals surface area contributed by atoms with Crippen molar-refractivity contribution >= 4 is 23.2 Å². The number of carbonyl (C=O) groups excluding carboxylic acids is 1. The van der Waals surface area contributed by atoms with E-state index in [1.165, 1.54) is 10.9 Å². The van der Waals surface area contributed by atoms with Gasteiger partial charge in [0.2, 0.25) is 0 Å². The summed E-state index contributed by atoms with van der Waals surface area (Å²) in [6.45, 7) is 2.35. The summed E-state index contributed by atoms with van der Waals surface area (Å²) in [4.78, 5) is 26.1. The first-order valence-corrected chi connectivity index (χ1v) is 7.54. The Balaban J connectivity index is 2.06. The first-order chi connectivity index (χ1) is 10.0. The second-order valence-electron chi connectivity index (χ2n) is 4.66. The van der Waals surface area contributed by atoms with E-state index in [2.05, 4.69) is 0 Å². The molecule has 0 aliphatic heterocycles. The Labute approximate surface area is 126 Å². The Bertz CT molecular complexity index is 630. The molecule has 0 unspecified atom stereocenters. The summed E-state index contributed by atoms with van der Waals surface area (Å²) in [5.41, 5.74) is 0.0625. The lowest BCUT2D eigenvalue weighted by Gasteiger charge is -2.14. The molecule has 0 aliphatic rings. The molecule has 2 aromatic heterocycles. The molecule has 2 aromatic rings. The Kier molecular flexibility index (Phi) is 4.80. The first-order valence-electron chi connectivity index (χ1n) is 6.66. The van der Waals surface area contributed by atoms with Gasteiger partial charge in [0.15, 0.2) is 5.76 Å². The van der Waals surface area contributed by atoms with Crippen molar-refractivity contribution in [1.82, 2.24) is 4.90 Å². The van der Waals surface area contributed by atoms with Crippen LogP contribution in [-0.4, -0.2) is 35.5 Å². The molecule has 0 atom stereocenters. The van der Waals surface area contributed by atoms with E-state index in [0.717, 1.165) is 6.42 Å². The highest BCUT2D eigenvalue weighted by atomic mass is 32.1. The predicted molar refractivity (Wildman–Crippen MR) is 80.0 cm³/mol. The zero-order valence-electron chi connectivity index (χ0n) is 12.0. The molecule has 0 saturated carbocycles. The molecular formula is C15H17NO4S. The molecule has 2 heterocycles. The molecule has 1 amide bonds. The van der Waals surface area contributed by atoms with Crippen LogP contribution in [0.5, 0.6) is 0 Å². The molecule has 0 aromatic carbocycles. The summed E-state index contributed by atoms with van der Waals surface area (Å²) in [6, 6.07) is 5.31. The van der Waals surface area contributed by atoms with E-state index in [1.54, 1.807) is 30.2 Å². The Morgan fingerprint density at radius 2 is 2.19 bits per heavy atom. The van der Waals surface area contributed by atoms with E-state index in [9.17, 15) is 9.59 Å². The van der Waals surface area contributed by atoms with E-state index < -0.39 is 5.97 Å². The van der Waals surface area contributed by atoms with Gasteiger partial charge in [-0.3, -0.25) is 4.79 Å². The van der Waals surface area contributed by atoms with Crippen LogP contribution in [0.4, 0.5) is 0 Å². The highest BCUT2D eigenvalue weighted by Crippen LogP contribution is 2.18. The number of nitrogens with zero attached hydrogens (tertiary/aromatic N) is 1. The van der Waals surface area contributed by atoms with Crippen molar-refractivity contribution in [3.8, 4) is 0 Å². The van der Waals surface area contributed by atoms with Crippen LogP contribution in [0.25, 0.3) is 0 Å². The zero-order chi connectivity index (χ0) is 15.4. The number of amides is 1. The SMILES string of the molecule is CCc1oc(C(=O)N(C)CCc2cccs2)cc1C(=O)O. The number of thiophene rings is 1. The topological polar surface area (TPSA) is 70.8 Å². The first kappa shape index (κ1) is 15.3. The summed E-state index contributed by atoms with van der Waals surface area (Å²) in [6.07, 6.45) is 1.21. The number of rotatable bonds is 6. The van der Waals surface area contributed by atoms with Crippen LogP contribution >= 0.6 is 11.3 Å². The van der Waals surface area contributed by atoms with Crippen molar-refractivity contribution in [3.05, 3.63) is 45.5 Å². The van der Waals surface area contributed by atoms with E-state index in [1.807, 2.05) is 17.5 Å². The number of aryl methyl sites for hydroxylation is 1. The number of hydrogen-bond acceptors (Lipinski definition) is 4. The highest BCUT2D eigenvalue weighted by molar-refractivity contribution is 7.09. The van der Waals surface area contributed by atoms with Crippen molar-refractivity contribution in [2.75, 3.05) is 13.6 Å². The van der Waals surface area contributed by atoms with Crippen LogP contribution < -0.4 is 0 Å². The molecule has 0 fully saturated rings. The molecule has 1 N–H and O–H groups in total. The molecule has 21 heavy (non-hydrogen) atoms. The molecule has 0 aliphatic carbocycles. The van der Waals surface area contributed by atoms with Crippen LogP contribution in [0.1, 0.15) is 38.5 Å². The fourth-order valence-electron chi connectivity index (χ4n) is 2.00. The van der Waals surface area contributed by atoms with E-state index in [0.29, 0.717) is 18.7 Å². The molecule has 112 valence electrons. The minimum absolute atomic E-state index is 0.0625. The van der Waals surface area contributed by atoms with E-state index >= 15 is 0 Å². The number of furan rings is 1. The maximum absolute atomic E-state index is 12.3. The summed E-state index contributed by atoms with van der Waals surface area (Å²) >= 11 is 1.65. The number of aromatic carboxylic acids is 1. The standard InChI is InChI=1S/C15H17NO4S/c1-3-12-11(15(18)19)9-13(20-12)14(17)16(2)7-6-10-5-4-8-21-10/h4-5,8-9H,3,6-7H2,1-2H3,(H,18,19). The maximum Gasteiger partial charge on any atom is 0.339 e. The fourth-order valence-corrected chi connectivity index (χ4v) is 2.70. The zero-order valence-corrected chi connectivity index (χ0v) is 12.8. The quantitative estimate of drug-likeness (QED) is 0.890. The van der Waals surface area contributed by atoms with Crippen LogP contribution in [-0.2, 0) is 12.8 Å². The van der Waals surface area contributed by atoms with Gasteiger partial charge in [0.05, 0.1) is 0 Å². The largest absolute Gasteiger partial charge is 0.478 e. The van der Waals surface area contributed by atoms with Gasteiger partial charge in [-0.1, -0.05) is 13.0 Å². The van der Waals surface area contributed by atoms with Gasteiger partial charge in [-0.2, -0.15) is 0 Å². The molecule has 6 heteroatoms. The second-order valence-corrected chi connectivity index (χ2v) is 5.69. The number of hydrogen-bond donors (Lipinski definition) is 1. The summed E-state index contributed by atoms with van der Waals surface area (Å²) < 4.78 is 5.38. The van der Waals surface area contributed by atoms with Crippen molar-refractivity contribution in [1.29, 1.82) is 0 Å². The molecule has 5 nitrogen and oxygen atoms in total. The van der Waals surface area contributed by atoms with Gasteiger partial charge in [0.1, 0.15) is 11.3 Å². The maximum atomic E-state index is 12.3. The highest BCUT2D eigenvalue weighted by Gasteiger charge is 2.22. The normalized spacial score (nSPS) is 10.6. The Morgan fingerprint density at radius 3 is 2.71 bits per heavy atom. The van der Waals surface area contributed by atoms with Gasteiger partial charge >= 0.3 is 5.97 Å². The molecule has 0 saturated heterocycles. The summed E-state index contributed by atoms with van der Waals surface area (Å²) in [7, 11) is 1.69. The lowest BCUT2D eigenvalue weighted by atomic mass is 10.2. The summed E-state index contributed by atoms with van der Waals surface area (Å²) in [5, 5.41) is 11.1. The smallest absolute Gasteiger partial charge is 0.339 e. The molecule has 0 radical (unpaired) electrons. The van der Waals surface area contributed by atoms with Gasteiger partial charge in [0, 0.05) is 31.0 Å². The van der Waals surface area contributed by atoms with Crippen molar-refractivity contribution in [2.24, 2.45) is 0 Å². The molecule has 0 bridgehead atoms. The van der Waals surface area contributed by atoms with Crippen molar-refractivity contribution in [3.63, 3.8) is 0 Å². The number of carboxylic acid groups (broad SMARTS) is 1. The third-order valence-corrected chi connectivity index (χ3v) is 4.13. The van der Waals surface area contributed by atoms with Gasteiger partial charge in [-0.15, -0.1) is 11.3 Å². The van der Waals surface area contributed by atoms with E-state index in [4.69, 9.17) is 9.52 Å². The van der Waals surface area contributed by atoms with Gasteiger partial charge in [-0.05, 0) is 17.9 Å². The Morgan fingerprint density at radius 1 is 1.43 bits per heavy atom. The molecule has 0 spiro atoms. The lowest BCUT2D eigenvalue weighted by molar-refractivity contribution is 0.0693. The van der Waals surface area contributed by atoms with Gasteiger partial charge < -0.3 is 14.4 Å². The molecule has 2 rings (SSSR count). The summed E-state index contributed by atoms with van der Waals surface area (Å²) in [5.74, 6) is -0.958. The average molecular weight is 307 g/mol. The van der Waals surface area contributed by atoms with Crippen molar-refractivity contribution in [2.45, 2.75) is 19.8 Å². The van der Waals surface area contributed by atoms with Crippen LogP contribution in [0, 0.1) is 0 Å². The van der Waals surface area contributed by atoms with Crippen LogP contribution in [0.15, 0.2) is 28.0 Å². The minimum atomic E-state index is -1.07. The average Bonchev–Trinajstić information content (AvgIpc) is 3.12. The third-order valence-electron chi connectivity index (χ3n) is 3.19. The third kappa shape index (κ3) is 3.52. The predicted octanol–water partition coefficient (Wildman–Crippen LogP) is 2.92. The minimum Gasteiger partial charge on any atom is -0.478 e. The van der Waals surface area contributed by atoms with Crippen LogP contribution in [0.3, 0.4) is 0 Å². The fraction of sp³-hybridized carbons (Fsp3) is 0.333. The number of carbonyl (C=O) groups is 2. The van der Waals surface area contributed by atoms with Crippen LogP contribution in [0.2, 0.25) is 0 Å².